The number of aromatic nitrogens is 2. The van der Waals surface area contributed by atoms with Crippen LogP contribution in [0.5, 0.6) is 0 Å². The molecule has 0 N–H and O–H groups in total. The van der Waals surface area contributed by atoms with Crippen LogP contribution in [0.15, 0.2) is 72.1 Å². The van der Waals surface area contributed by atoms with Crippen molar-refractivity contribution in [2.45, 2.75) is 42.1 Å². The molecule has 3 aromatic rings. The maximum atomic E-state index is 13.1. The molecular formula is C21H20F4N2S. The number of alkyl halides is 3. The molecule has 1 atom stereocenters. The predicted molar refractivity (Wildman–Crippen MR) is 103 cm³/mol. The lowest BCUT2D eigenvalue weighted by atomic mass is 10.00. The van der Waals surface area contributed by atoms with Crippen molar-refractivity contribution in [1.29, 1.82) is 0 Å². The average molecular weight is 408 g/mol. The smallest absolute Gasteiger partial charge is 0.336 e. The maximum Gasteiger partial charge on any atom is 0.416 e. The summed E-state index contributed by atoms with van der Waals surface area (Å²) in [5, 5.41) is 0. The Morgan fingerprint density at radius 3 is 2.25 bits per heavy atom. The fourth-order valence-corrected chi connectivity index (χ4v) is 4.24. The zero-order valence-corrected chi connectivity index (χ0v) is 16.1. The average Bonchev–Trinajstić information content (AvgIpc) is 3.13. The van der Waals surface area contributed by atoms with E-state index in [1.807, 2.05) is 10.8 Å². The summed E-state index contributed by atoms with van der Waals surface area (Å²) in [6.07, 6.45) is 2.45. The molecule has 3 rings (SSSR count). The van der Waals surface area contributed by atoms with Crippen LogP contribution >= 0.6 is 11.8 Å². The Bertz CT molecular complexity index is 874. The highest BCUT2D eigenvalue weighted by molar-refractivity contribution is 8.00. The summed E-state index contributed by atoms with van der Waals surface area (Å²) >= 11 is 1.54. The Hall–Kier alpha value is -2.28. The minimum absolute atomic E-state index is 0.274. The molecule has 0 aliphatic carbocycles. The number of aryl methyl sites for hydroxylation is 1. The van der Waals surface area contributed by atoms with Gasteiger partial charge in [-0.15, -0.1) is 11.8 Å². The first-order chi connectivity index (χ1) is 13.2. The second-order valence-corrected chi connectivity index (χ2v) is 8.60. The second-order valence-electron chi connectivity index (χ2n) is 6.94. The van der Waals surface area contributed by atoms with Crippen LogP contribution in [0, 0.1) is 5.82 Å². The van der Waals surface area contributed by atoms with Gasteiger partial charge in [-0.3, -0.25) is 0 Å². The minimum Gasteiger partial charge on any atom is -0.336 e. The van der Waals surface area contributed by atoms with Crippen molar-refractivity contribution in [3.8, 4) is 0 Å². The van der Waals surface area contributed by atoms with Crippen LogP contribution in [0.25, 0.3) is 0 Å². The highest BCUT2D eigenvalue weighted by Crippen LogP contribution is 2.39. The van der Waals surface area contributed by atoms with Gasteiger partial charge < -0.3 is 4.57 Å². The van der Waals surface area contributed by atoms with Crippen LogP contribution < -0.4 is 0 Å². The molecule has 0 amide bonds. The number of nitrogens with zero attached hydrogens (tertiary/aromatic N) is 2. The number of thioether (sulfide) groups is 1. The van der Waals surface area contributed by atoms with Gasteiger partial charge in [0, 0.05) is 28.6 Å². The van der Waals surface area contributed by atoms with Gasteiger partial charge in [-0.2, -0.15) is 13.2 Å². The van der Waals surface area contributed by atoms with Crippen molar-refractivity contribution in [3.05, 3.63) is 84.2 Å². The molecule has 0 radical (unpaired) electrons. The summed E-state index contributed by atoms with van der Waals surface area (Å²) in [6.45, 7) is 2.73. The zero-order valence-electron chi connectivity index (χ0n) is 15.3. The largest absolute Gasteiger partial charge is 0.416 e. The molecule has 0 bridgehead atoms. The van der Waals surface area contributed by atoms with E-state index in [1.54, 1.807) is 36.4 Å². The van der Waals surface area contributed by atoms with E-state index in [1.165, 1.54) is 24.3 Å². The van der Waals surface area contributed by atoms with E-state index < -0.39 is 11.7 Å². The van der Waals surface area contributed by atoms with Gasteiger partial charge in [-0.1, -0.05) is 12.1 Å². The van der Waals surface area contributed by atoms with Crippen LogP contribution in [0.4, 0.5) is 17.6 Å². The first kappa shape index (κ1) is 20.5. The van der Waals surface area contributed by atoms with E-state index in [9.17, 15) is 17.6 Å². The molecular weight excluding hydrogens is 388 g/mol. The molecule has 2 nitrogen and oxygen atoms in total. The van der Waals surface area contributed by atoms with E-state index in [-0.39, 0.29) is 10.6 Å². The van der Waals surface area contributed by atoms with Crippen molar-refractivity contribution in [2.75, 3.05) is 0 Å². The maximum absolute atomic E-state index is 13.1. The number of halogens is 4. The van der Waals surface area contributed by atoms with E-state index >= 15 is 0 Å². The Labute approximate surface area is 165 Å². The monoisotopic (exact) mass is 408 g/mol. The van der Waals surface area contributed by atoms with E-state index in [2.05, 4.69) is 11.9 Å². The lowest BCUT2D eigenvalue weighted by Gasteiger charge is -2.30. The Kier molecular flexibility index (Phi) is 6.13. The molecule has 0 spiro atoms. The molecule has 0 aliphatic heterocycles. The molecule has 1 aromatic heterocycles. The standard InChI is InChI=1S/C21H20F4N2S/c1-20(14-27-13-12-26-15-27,11-10-16-2-6-18(22)7-3-16)28-19-8-4-17(5-9-19)21(23,24)25/h2-9,12-13,15H,10-11,14H2,1H3. The topological polar surface area (TPSA) is 17.8 Å². The molecule has 1 unspecified atom stereocenters. The third-order valence-corrected chi connectivity index (χ3v) is 5.81. The number of hydrogen-bond donors (Lipinski definition) is 0. The Balaban J connectivity index is 1.76. The molecule has 1 heterocycles. The highest BCUT2D eigenvalue weighted by Gasteiger charge is 2.31. The normalized spacial score (nSPS) is 14.0. The van der Waals surface area contributed by atoms with Crippen molar-refractivity contribution in [1.82, 2.24) is 9.55 Å². The van der Waals surface area contributed by atoms with Crippen molar-refractivity contribution < 1.29 is 17.6 Å². The quantitative estimate of drug-likeness (QED) is 0.341. The summed E-state index contributed by atoms with van der Waals surface area (Å²) in [5.41, 5.74) is 0.366. The van der Waals surface area contributed by atoms with Crippen molar-refractivity contribution >= 4 is 11.8 Å². The first-order valence-electron chi connectivity index (χ1n) is 8.80. The molecule has 7 heteroatoms. The fraction of sp³-hybridized carbons (Fsp3) is 0.286. The highest BCUT2D eigenvalue weighted by atomic mass is 32.2. The molecule has 28 heavy (non-hydrogen) atoms. The third-order valence-electron chi connectivity index (χ3n) is 4.48. The summed E-state index contributed by atoms with van der Waals surface area (Å²) < 4.78 is 53.2. The van der Waals surface area contributed by atoms with Crippen LogP contribution in [0.3, 0.4) is 0 Å². The fourth-order valence-electron chi connectivity index (χ4n) is 2.99. The van der Waals surface area contributed by atoms with Gasteiger partial charge in [0.15, 0.2) is 0 Å². The van der Waals surface area contributed by atoms with E-state index in [4.69, 9.17) is 0 Å². The lowest BCUT2D eigenvalue weighted by Crippen LogP contribution is -2.27. The van der Waals surface area contributed by atoms with E-state index in [0.717, 1.165) is 35.4 Å². The number of hydrogen-bond acceptors (Lipinski definition) is 2. The van der Waals surface area contributed by atoms with Gasteiger partial charge in [0.25, 0.3) is 0 Å². The Morgan fingerprint density at radius 1 is 1.00 bits per heavy atom. The molecule has 2 aromatic carbocycles. The number of rotatable bonds is 7. The van der Waals surface area contributed by atoms with Crippen LogP contribution in [-0.2, 0) is 19.1 Å². The Morgan fingerprint density at radius 2 is 1.68 bits per heavy atom. The van der Waals surface area contributed by atoms with Gasteiger partial charge in [-0.25, -0.2) is 9.37 Å². The van der Waals surface area contributed by atoms with Gasteiger partial charge in [-0.05, 0) is 61.7 Å². The molecule has 0 aliphatic rings. The van der Waals surface area contributed by atoms with Crippen LogP contribution in [0.2, 0.25) is 0 Å². The molecule has 0 saturated carbocycles. The van der Waals surface area contributed by atoms with Gasteiger partial charge in [0.05, 0.1) is 11.9 Å². The number of benzene rings is 2. The third kappa shape index (κ3) is 5.61. The van der Waals surface area contributed by atoms with Crippen LogP contribution in [0.1, 0.15) is 24.5 Å². The van der Waals surface area contributed by atoms with Gasteiger partial charge in [0.1, 0.15) is 5.82 Å². The summed E-state index contributed by atoms with van der Waals surface area (Å²) in [4.78, 5) is 4.84. The summed E-state index contributed by atoms with van der Waals surface area (Å²) in [5.74, 6) is -0.274. The molecule has 0 fully saturated rings. The predicted octanol–water partition coefficient (Wildman–Crippen LogP) is 6.22. The van der Waals surface area contributed by atoms with Crippen molar-refractivity contribution in [3.63, 3.8) is 0 Å². The summed E-state index contributed by atoms with van der Waals surface area (Å²) in [7, 11) is 0. The first-order valence-corrected chi connectivity index (χ1v) is 9.62. The molecule has 148 valence electrons. The minimum atomic E-state index is -4.34. The van der Waals surface area contributed by atoms with Crippen LogP contribution in [-0.4, -0.2) is 14.3 Å². The van der Waals surface area contributed by atoms with E-state index in [0.29, 0.717) is 6.54 Å². The summed E-state index contributed by atoms with van der Waals surface area (Å²) in [6, 6.07) is 11.6. The number of imidazole rings is 1. The SMILES string of the molecule is CC(CCc1ccc(F)cc1)(Cn1ccnc1)Sc1ccc(C(F)(F)F)cc1. The second kappa shape index (κ2) is 8.39. The lowest BCUT2D eigenvalue weighted by molar-refractivity contribution is -0.137. The van der Waals surface area contributed by atoms with Crippen molar-refractivity contribution in [2.24, 2.45) is 0 Å². The molecule has 0 saturated heterocycles. The zero-order chi connectivity index (χ0) is 20.2. The van der Waals surface area contributed by atoms with Gasteiger partial charge in [0.2, 0.25) is 0 Å². The van der Waals surface area contributed by atoms with Gasteiger partial charge >= 0.3 is 6.18 Å².